The molecular weight excluding hydrogens is 276 g/mol. The van der Waals surface area contributed by atoms with Crippen molar-refractivity contribution >= 4 is 5.96 Å². The molecule has 0 aliphatic heterocycles. The lowest BCUT2D eigenvalue weighted by molar-refractivity contribution is 0.245. The van der Waals surface area contributed by atoms with E-state index in [0.717, 1.165) is 45.0 Å². The van der Waals surface area contributed by atoms with Gasteiger partial charge in [-0.25, -0.2) is 0 Å². The van der Waals surface area contributed by atoms with Gasteiger partial charge < -0.3 is 21.1 Å². The molecule has 0 aliphatic carbocycles. The fourth-order valence-electron chi connectivity index (χ4n) is 2.31. The molecule has 0 aromatic carbocycles. The van der Waals surface area contributed by atoms with Crippen LogP contribution in [0.25, 0.3) is 0 Å². The maximum Gasteiger partial charge on any atom is 0.191 e. The maximum atomic E-state index is 9.18. The van der Waals surface area contributed by atoms with Crippen molar-refractivity contribution in [2.75, 3.05) is 32.8 Å². The average Bonchev–Trinajstić information content (AvgIpc) is 2.39. The number of aliphatic imine (C=N–C) groups is 1. The molecule has 0 aromatic heterocycles. The molecule has 1 unspecified atom stereocenters. The second-order valence-electron chi connectivity index (χ2n) is 7.33. The first-order chi connectivity index (χ1) is 10.3. The van der Waals surface area contributed by atoms with Gasteiger partial charge in [0.2, 0.25) is 0 Å². The monoisotopic (exact) mass is 314 g/mol. The van der Waals surface area contributed by atoms with Crippen LogP contribution in [-0.4, -0.2) is 49.4 Å². The van der Waals surface area contributed by atoms with Crippen LogP contribution in [0, 0.1) is 11.8 Å². The van der Waals surface area contributed by atoms with E-state index in [2.05, 4.69) is 62.5 Å². The highest BCUT2D eigenvalue weighted by atomic mass is 16.3. The molecule has 0 saturated carbocycles. The summed E-state index contributed by atoms with van der Waals surface area (Å²) >= 11 is 0. The number of aliphatic hydroxyl groups is 1. The van der Waals surface area contributed by atoms with Crippen molar-refractivity contribution in [1.82, 2.24) is 16.0 Å². The van der Waals surface area contributed by atoms with Crippen LogP contribution in [0.1, 0.15) is 54.4 Å². The third-order valence-corrected chi connectivity index (χ3v) is 3.27. The van der Waals surface area contributed by atoms with Crippen LogP contribution in [0.4, 0.5) is 0 Å². The Morgan fingerprint density at radius 1 is 1.14 bits per heavy atom. The molecule has 0 fully saturated rings. The predicted molar refractivity (Wildman–Crippen MR) is 96.4 cm³/mol. The molecule has 0 saturated heterocycles. The summed E-state index contributed by atoms with van der Waals surface area (Å²) in [4.78, 5) is 4.67. The van der Waals surface area contributed by atoms with Gasteiger partial charge in [-0.3, -0.25) is 4.99 Å². The first-order valence-corrected chi connectivity index (χ1v) is 8.66. The number of hydrogen-bond acceptors (Lipinski definition) is 3. The molecule has 4 N–H and O–H groups in total. The number of hydrogen-bond donors (Lipinski definition) is 4. The van der Waals surface area contributed by atoms with E-state index in [1.54, 1.807) is 0 Å². The van der Waals surface area contributed by atoms with Crippen molar-refractivity contribution in [2.45, 2.75) is 59.9 Å². The van der Waals surface area contributed by atoms with Crippen molar-refractivity contribution in [3.63, 3.8) is 0 Å². The molecule has 0 amide bonds. The van der Waals surface area contributed by atoms with Crippen LogP contribution in [-0.2, 0) is 0 Å². The number of rotatable bonds is 10. The number of guanidine groups is 1. The smallest absolute Gasteiger partial charge is 0.191 e. The summed E-state index contributed by atoms with van der Waals surface area (Å²) in [7, 11) is 0. The van der Waals surface area contributed by atoms with Crippen molar-refractivity contribution in [3.05, 3.63) is 0 Å². The number of nitrogens with zero attached hydrogens (tertiary/aromatic N) is 1. The van der Waals surface area contributed by atoms with Gasteiger partial charge in [-0.05, 0) is 52.4 Å². The largest absolute Gasteiger partial charge is 0.396 e. The van der Waals surface area contributed by atoms with Gasteiger partial charge in [0.25, 0.3) is 0 Å². The van der Waals surface area contributed by atoms with E-state index in [1.165, 1.54) is 0 Å². The normalized spacial score (nSPS) is 14.3. The zero-order valence-corrected chi connectivity index (χ0v) is 15.5. The number of nitrogens with one attached hydrogen (secondary N) is 3. The molecule has 0 aliphatic rings. The Morgan fingerprint density at radius 3 is 2.32 bits per heavy atom. The molecular formula is C17H38N4O. The SMILES string of the molecule is CCNC(=NCC(CCO)CC(C)C)NCCNC(C)(C)C. The zero-order chi connectivity index (χ0) is 17.0. The summed E-state index contributed by atoms with van der Waals surface area (Å²) in [6, 6.07) is 0. The van der Waals surface area contributed by atoms with Crippen molar-refractivity contribution in [3.8, 4) is 0 Å². The fraction of sp³-hybridized carbons (Fsp3) is 0.941. The fourth-order valence-corrected chi connectivity index (χ4v) is 2.31. The second kappa shape index (κ2) is 11.7. The van der Waals surface area contributed by atoms with E-state index in [1.807, 2.05) is 0 Å². The Bertz CT molecular complexity index is 298. The second-order valence-corrected chi connectivity index (χ2v) is 7.33. The Labute approximate surface area is 137 Å². The van der Waals surface area contributed by atoms with Gasteiger partial charge in [-0.15, -0.1) is 0 Å². The van der Waals surface area contributed by atoms with E-state index >= 15 is 0 Å². The first-order valence-electron chi connectivity index (χ1n) is 8.66. The van der Waals surface area contributed by atoms with Gasteiger partial charge in [0.1, 0.15) is 0 Å². The molecule has 0 heterocycles. The minimum atomic E-state index is 0.140. The van der Waals surface area contributed by atoms with E-state index in [0.29, 0.717) is 11.8 Å². The van der Waals surface area contributed by atoms with Crippen molar-refractivity contribution in [1.29, 1.82) is 0 Å². The van der Waals surface area contributed by atoms with Crippen LogP contribution in [0.15, 0.2) is 4.99 Å². The summed E-state index contributed by atoms with van der Waals surface area (Å²) < 4.78 is 0. The van der Waals surface area contributed by atoms with Gasteiger partial charge in [-0.1, -0.05) is 13.8 Å². The van der Waals surface area contributed by atoms with Gasteiger partial charge in [0, 0.05) is 38.3 Å². The highest BCUT2D eigenvalue weighted by Crippen LogP contribution is 2.15. The summed E-state index contributed by atoms with van der Waals surface area (Å²) in [5, 5.41) is 19.3. The molecule has 5 nitrogen and oxygen atoms in total. The molecule has 0 aromatic rings. The highest BCUT2D eigenvalue weighted by Gasteiger charge is 2.11. The third-order valence-electron chi connectivity index (χ3n) is 3.27. The maximum absolute atomic E-state index is 9.18. The molecule has 22 heavy (non-hydrogen) atoms. The van der Waals surface area contributed by atoms with E-state index in [-0.39, 0.29) is 12.1 Å². The van der Waals surface area contributed by atoms with Crippen LogP contribution in [0.2, 0.25) is 0 Å². The standard InChI is InChI=1S/C17H38N4O/c1-7-18-16(19-9-10-21-17(4,5)6)20-13-15(8-11-22)12-14(2)3/h14-15,21-22H,7-13H2,1-6H3,(H2,18,19,20). The summed E-state index contributed by atoms with van der Waals surface area (Å²) in [5.41, 5.74) is 0.140. The summed E-state index contributed by atoms with van der Waals surface area (Å²) in [5.74, 6) is 1.95. The van der Waals surface area contributed by atoms with Crippen molar-refractivity contribution < 1.29 is 5.11 Å². The van der Waals surface area contributed by atoms with Crippen LogP contribution < -0.4 is 16.0 Å². The first kappa shape index (κ1) is 21.2. The molecule has 1 atom stereocenters. The Kier molecular flexibility index (Phi) is 11.3. The van der Waals surface area contributed by atoms with Gasteiger partial charge >= 0.3 is 0 Å². The van der Waals surface area contributed by atoms with Crippen LogP contribution >= 0.6 is 0 Å². The zero-order valence-electron chi connectivity index (χ0n) is 15.5. The third kappa shape index (κ3) is 12.9. The Hall–Kier alpha value is -0.810. The molecule has 132 valence electrons. The topological polar surface area (TPSA) is 68.7 Å². The summed E-state index contributed by atoms with van der Waals surface area (Å²) in [6.07, 6.45) is 1.93. The molecule has 0 radical (unpaired) electrons. The number of aliphatic hydroxyl groups excluding tert-OH is 1. The highest BCUT2D eigenvalue weighted by molar-refractivity contribution is 5.79. The predicted octanol–water partition coefficient (Wildman–Crippen LogP) is 1.97. The van der Waals surface area contributed by atoms with Crippen LogP contribution in [0.3, 0.4) is 0 Å². The van der Waals surface area contributed by atoms with Crippen LogP contribution in [0.5, 0.6) is 0 Å². The minimum absolute atomic E-state index is 0.140. The van der Waals surface area contributed by atoms with Gasteiger partial charge in [0.15, 0.2) is 5.96 Å². The van der Waals surface area contributed by atoms with Gasteiger partial charge in [0.05, 0.1) is 0 Å². The Balaban J connectivity index is 4.32. The lowest BCUT2D eigenvalue weighted by Gasteiger charge is -2.21. The molecule has 0 rings (SSSR count). The lowest BCUT2D eigenvalue weighted by Crippen LogP contribution is -2.44. The molecule has 0 bridgehead atoms. The molecule has 5 heteroatoms. The average molecular weight is 315 g/mol. The lowest BCUT2D eigenvalue weighted by atomic mass is 9.94. The van der Waals surface area contributed by atoms with Gasteiger partial charge in [-0.2, -0.15) is 0 Å². The van der Waals surface area contributed by atoms with E-state index in [4.69, 9.17) is 0 Å². The Morgan fingerprint density at radius 2 is 1.82 bits per heavy atom. The van der Waals surface area contributed by atoms with Crippen molar-refractivity contribution in [2.24, 2.45) is 16.8 Å². The van der Waals surface area contributed by atoms with E-state index < -0.39 is 0 Å². The molecule has 0 spiro atoms. The van der Waals surface area contributed by atoms with E-state index in [9.17, 15) is 5.11 Å². The quantitative estimate of drug-likeness (QED) is 0.283. The minimum Gasteiger partial charge on any atom is -0.396 e. The summed E-state index contributed by atoms with van der Waals surface area (Å²) in [6.45, 7) is 16.6.